The first-order chi connectivity index (χ1) is 13.0. The molecule has 0 fully saturated rings. The number of halogens is 2. The maximum absolute atomic E-state index is 12.8. The maximum Gasteiger partial charge on any atom is 0.251 e. The molecule has 0 spiro atoms. The second-order valence-electron chi connectivity index (χ2n) is 6.57. The number of nitrogens with zero attached hydrogens (tertiary/aromatic N) is 3. The van der Waals surface area contributed by atoms with Gasteiger partial charge in [0, 0.05) is 44.4 Å². The summed E-state index contributed by atoms with van der Waals surface area (Å²) in [5.41, 5.74) is 2.87. The fourth-order valence-corrected chi connectivity index (χ4v) is 3.50. The summed E-state index contributed by atoms with van der Waals surface area (Å²) < 4.78 is 5.08. The van der Waals surface area contributed by atoms with Crippen LogP contribution in [0, 0.1) is 0 Å². The van der Waals surface area contributed by atoms with E-state index in [1.54, 1.807) is 13.3 Å². The van der Waals surface area contributed by atoms with Gasteiger partial charge in [-0.1, -0.05) is 11.6 Å². The molecule has 1 aliphatic carbocycles. The van der Waals surface area contributed by atoms with Gasteiger partial charge >= 0.3 is 0 Å². The average Bonchev–Trinajstić information content (AvgIpc) is 3.04. The summed E-state index contributed by atoms with van der Waals surface area (Å²) in [6.45, 7) is 4.18. The smallest absolute Gasteiger partial charge is 0.251 e. The summed E-state index contributed by atoms with van der Waals surface area (Å²) in [6.07, 6.45) is 8.25. The van der Waals surface area contributed by atoms with Gasteiger partial charge in [0.05, 0.1) is 18.5 Å². The van der Waals surface area contributed by atoms with Crippen molar-refractivity contribution in [2.45, 2.75) is 19.4 Å². The van der Waals surface area contributed by atoms with Crippen molar-refractivity contribution in [2.75, 3.05) is 44.1 Å². The van der Waals surface area contributed by atoms with Gasteiger partial charge in [-0.05, 0) is 42.9 Å². The molecule has 0 aromatic carbocycles. The average molecular weight is 425 g/mol. The van der Waals surface area contributed by atoms with Crippen LogP contribution in [0.2, 0.25) is 0 Å². The number of hydrogen-bond donors (Lipinski definition) is 1. The van der Waals surface area contributed by atoms with Crippen LogP contribution in [0.1, 0.15) is 13.3 Å². The number of rotatable bonds is 7. The van der Waals surface area contributed by atoms with E-state index in [2.05, 4.69) is 15.2 Å². The van der Waals surface area contributed by atoms with E-state index in [9.17, 15) is 4.79 Å². The quantitative estimate of drug-likeness (QED) is 0.724. The molecule has 0 saturated heterocycles. The number of aromatic nitrogens is 1. The maximum atomic E-state index is 12.8. The van der Waals surface area contributed by atoms with E-state index in [0.717, 1.165) is 35.2 Å². The third kappa shape index (κ3) is 4.87. The Morgan fingerprint density at radius 2 is 2.21 bits per heavy atom. The van der Waals surface area contributed by atoms with Gasteiger partial charge in [-0.15, -0.1) is 12.4 Å². The van der Waals surface area contributed by atoms with Crippen LogP contribution in [0.5, 0.6) is 0 Å². The standard InChI is InChI=1S/C20H25ClN4O2.ClH/c1-4-25-17-7-5-15(21)11-14(17)12-18(25)20(26)23-16-6-8-19(22-13-16)24(2)9-10-27-3;/h5-8,12-13,18H,4,9-11H2,1-3H3,(H,23,26);1H. The number of pyridine rings is 1. The lowest BCUT2D eigenvalue weighted by Crippen LogP contribution is -2.39. The Balaban J connectivity index is 0.00000280. The summed E-state index contributed by atoms with van der Waals surface area (Å²) in [7, 11) is 3.63. The molecule has 0 bridgehead atoms. The van der Waals surface area contributed by atoms with Gasteiger partial charge in [0.15, 0.2) is 0 Å². The van der Waals surface area contributed by atoms with Gasteiger partial charge in [0.1, 0.15) is 11.9 Å². The molecule has 6 nitrogen and oxygen atoms in total. The van der Waals surface area contributed by atoms with Crippen LogP contribution in [-0.4, -0.2) is 55.7 Å². The number of hydrogen-bond acceptors (Lipinski definition) is 5. The van der Waals surface area contributed by atoms with Gasteiger partial charge in [-0.25, -0.2) is 4.98 Å². The first-order valence-electron chi connectivity index (χ1n) is 9.04. The molecule has 152 valence electrons. The predicted octanol–water partition coefficient (Wildman–Crippen LogP) is 3.57. The van der Waals surface area contributed by atoms with Crippen molar-refractivity contribution in [1.29, 1.82) is 0 Å². The Hall–Kier alpha value is -2.02. The first kappa shape index (κ1) is 22.3. The van der Waals surface area contributed by atoms with E-state index in [4.69, 9.17) is 16.3 Å². The Bertz CT molecular complexity index is 790. The Morgan fingerprint density at radius 3 is 2.86 bits per heavy atom. The zero-order chi connectivity index (χ0) is 19.4. The molecular weight excluding hydrogens is 399 g/mol. The van der Waals surface area contributed by atoms with Crippen molar-refractivity contribution in [2.24, 2.45) is 0 Å². The topological polar surface area (TPSA) is 57.7 Å². The SMILES string of the molecule is CCN1C2=CC=C(Cl)CC2=CC1C(=O)Nc1ccc(N(C)CCOC)nc1.Cl. The van der Waals surface area contributed by atoms with Crippen LogP contribution < -0.4 is 10.2 Å². The molecule has 3 rings (SSSR count). The summed E-state index contributed by atoms with van der Waals surface area (Å²) >= 11 is 6.14. The van der Waals surface area contributed by atoms with Crippen molar-refractivity contribution < 1.29 is 9.53 Å². The Kier molecular flexibility index (Phi) is 7.92. The molecule has 1 aromatic rings. The molecule has 1 unspecified atom stereocenters. The molecule has 1 N–H and O–H groups in total. The van der Waals surface area contributed by atoms with E-state index in [1.807, 2.05) is 49.2 Å². The van der Waals surface area contributed by atoms with Crippen LogP contribution in [0.25, 0.3) is 0 Å². The molecule has 0 radical (unpaired) electrons. The highest BCUT2D eigenvalue weighted by Crippen LogP contribution is 2.36. The lowest BCUT2D eigenvalue weighted by molar-refractivity contribution is -0.118. The minimum Gasteiger partial charge on any atom is -0.383 e. The Labute approximate surface area is 177 Å². The number of anilines is 2. The van der Waals surface area contributed by atoms with Gasteiger partial charge in [-0.3, -0.25) is 4.79 Å². The van der Waals surface area contributed by atoms with E-state index in [1.165, 1.54) is 0 Å². The van der Waals surface area contributed by atoms with E-state index in [0.29, 0.717) is 18.7 Å². The highest BCUT2D eigenvalue weighted by Gasteiger charge is 2.33. The molecule has 1 aromatic heterocycles. The highest BCUT2D eigenvalue weighted by atomic mass is 35.5. The number of methoxy groups -OCH3 is 1. The minimum atomic E-state index is -0.337. The van der Waals surface area contributed by atoms with Crippen LogP contribution in [0.15, 0.2) is 52.9 Å². The monoisotopic (exact) mass is 424 g/mol. The summed E-state index contributed by atoms with van der Waals surface area (Å²) in [5, 5.41) is 3.76. The molecule has 1 amide bonds. The van der Waals surface area contributed by atoms with Gasteiger partial charge in [0.2, 0.25) is 0 Å². The lowest BCUT2D eigenvalue weighted by Gasteiger charge is -2.27. The number of nitrogens with one attached hydrogen (secondary N) is 1. The number of likely N-dealkylation sites (N-methyl/N-ethyl adjacent to an activating group) is 2. The van der Waals surface area contributed by atoms with Crippen molar-refractivity contribution in [3.05, 3.63) is 52.9 Å². The summed E-state index contributed by atoms with van der Waals surface area (Å²) in [5.74, 6) is 0.762. The van der Waals surface area contributed by atoms with Crippen molar-refractivity contribution in [3.8, 4) is 0 Å². The fourth-order valence-electron chi connectivity index (χ4n) is 3.29. The molecule has 2 heterocycles. The largest absolute Gasteiger partial charge is 0.383 e. The fraction of sp³-hybridized carbons (Fsp3) is 0.400. The second kappa shape index (κ2) is 9.96. The van der Waals surface area contributed by atoms with Crippen LogP contribution >= 0.6 is 24.0 Å². The van der Waals surface area contributed by atoms with E-state index >= 15 is 0 Å². The number of carbonyl (C=O) groups excluding carboxylic acids is 1. The highest BCUT2D eigenvalue weighted by molar-refractivity contribution is 6.30. The number of fused-ring (bicyclic) bond motifs is 1. The van der Waals surface area contributed by atoms with E-state index in [-0.39, 0.29) is 24.4 Å². The minimum absolute atomic E-state index is 0. The third-order valence-electron chi connectivity index (χ3n) is 4.76. The first-order valence-corrected chi connectivity index (χ1v) is 9.42. The summed E-state index contributed by atoms with van der Waals surface area (Å²) in [6, 6.07) is 3.42. The van der Waals surface area contributed by atoms with Gasteiger partial charge in [0.25, 0.3) is 5.91 Å². The van der Waals surface area contributed by atoms with Gasteiger partial charge in [-0.2, -0.15) is 0 Å². The van der Waals surface area contributed by atoms with Crippen molar-refractivity contribution in [1.82, 2.24) is 9.88 Å². The molecular formula is C20H26Cl2N4O2. The van der Waals surface area contributed by atoms with Gasteiger partial charge < -0.3 is 19.9 Å². The summed E-state index contributed by atoms with van der Waals surface area (Å²) in [4.78, 5) is 21.4. The molecule has 2 aliphatic rings. The number of allylic oxidation sites excluding steroid dienone is 4. The molecule has 1 aliphatic heterocycles. The van der Waals surface area contributed by atoms with Crippen molar-refractivity contribution in [3.63, 3.8) is 0 Å². The lowest BCUT2D eigenvalue weighted by atomic mass is 10.1. The third-order valence-corrected chi connectivity index (χ3v) is 5.02. The predicted molar refractivity (Wildman–Crippen MR) is 116 cm³/mol. The van der Waals surface area contributed by atoms with E-state index < -0.39 is 0 Å². The number of carbonyl (C=O) groups is 1. The second-order valence-corrected chi connectivity index (χ2v) is 7.06. The molecule has 28 heavy (non-hydrogen) atoms. The Morgan fingerprint density at radius 1 is 1.43 bits per heavy atom. The van der Waals surface area contributed by atoms with Crippen LogP contribution in [0.3, 0.4) is 0 Å². The normalized spacial score (nSPS) is 17.8. The molecule has 1 atom stereocenters. The molecule has 8 heteroatoms. The van der Waals surface area contributed by atoms with Crippen LogP contribution in [0.4, 0.5) is 11.5 Å². The van der Waals surface area contributed by atoms with Crippen LogP contribution in [-0.2, 0) is 9.53 Å². The zero-order valence-corrected chi connectivity index (χ0v) is 17.9. The zero-order valence-electron chi connectivity index (χ0n) is 16.3. The molecule has 0 saturated carbocycles. The number of amides is 1. The number of ether oxygens (including phenoxy) is 1. The van der Waals surface area contributed by atoms with Crippen molar-refractivity contribution >= 4 is 41.4 Å².